The van der Waals surface area contributed by atoms with Gasteiger partial charge in [0.15, 0.2) is 0 Å². The van der Waals surface area contributed by atoms with Crippen LogP contribution in [0.4, 0.5) is 10.5 Å². The molecule has 118 valence electrons. The molecule has 0 spiro atoms. The molecule has 2 rings (SSSR count). The van der Waals surface area contributed by atoms with Crippen molar-refractivity contribution in [2.45, 2.75) is 26.3 Å². The molecule has 0 aliphatic carbocycles. The van der Waals surface area contributed by atoms with Gasteiger partial charge in [0.2, 0.25) is 0 Å². The molecule has 0 radical (unpaired) electrons. The highest BCUT2D eigenvalue weighted by Crippen LogP contribution is 2.26. The minimum absolute atomic E-state index is 0.0558. The molecule has 0 aliphatic rings. The Morgan fingerprint density at radius 1 is 1.45 bits per heavy atom. The minimum Gasteiger partial charge on any atom is -0.497 e. The van der Waals surface area contributed by atoms with Gasteiger partial charge in [-0.05, 0) is 32.0 Å². The molecule has 1 atom stereocenters. The van der Waals surface area contributed by atoms with Gasteiger partial charge in [0, 0.05) is 24.2 Å². The number of anilines is 1. The van der Waals surface area contributed by atoms with Crippen LogP contribution in [0, 0.1) is 6.92 Å². The van der Waals surface area contributed by atoms with Crippen LogP contribution in [0.3, 0.4) is 0 Å². The van der Waals surface area contributed by atoms with E-state index >= 15 is 0 Å². The Hall–Kier alpha value is -2.21. The first-order valence-electron chi connectivity index (χ1n) is 6.90. The van der Waals surface area contributed by atoms with Crippen molar-refractivity contribution in [1.29, 1.82) is 0 Å². The Bertz CT molecular complexity index is 657. The summed E-state index contributed by atoms with van der Waals surface area (Å²) in [5.74, 6) is 0.637. The fraction of sp³-hybridized carbons (Fsp3) is 0.333. The lowest BCUT2D eigenvalue weighted by Gasteiger charge is -2.14. The van der Waals surface area contributed by atoms with Crippen molar-refractivity contribution in [3.8, 4) is 5.75 Å². The summed E-state index contributed by atoms with van der Waals surface area (Å²) < 4.78 is 5.07. The molecule has 3 N–H and O–H groups in total. The molecule has 0 saturated heterocycles. The first-order chi connectivity index (χ1) is 10.5. The molecule has 6 nitrogen and oxygen atoms in total. The van der Waals surface area contributed by atoms with Gasteiger partial charge < -0.3 is 15.4 Å². The van der Waals surface area contributed by atoms with Crippen LogP contribution < -0.4 is 15.4 Å². The molecule has 22 heavy (non-hydrogen) atoms. The fourth-order valence-electron chi connectivity index (χ4n) is 2.05. The molecule has 0 saturated carbocycles. The number of nitrogens with zero attached hydrogens (tertiary/aromatic N) is 1. The van der Waals surface area contributed by atoms with Crippen LogP contribution >= 0.6 is 11.6 Å². The summed E-state index contributed by atoms with van der Waals surface area (Å²) in [6.45, 7) is 3.85. The zero-order valence-electron chi connectivity index (χ0n) is 12.7. The van der Waals surface area contributed by atoms with Crippen LogP contribution in [0.1, 0.15) is 18.3 Å². The number of aromatic amines is 1. The maximum Gasteiger partial charge on any atom is 0.319 e. The topological polar surface area (TPSA) is 79.0 Å². The summed E-state index contributed by atoms with van der Waals surface area (Å²) in [6.07, 6.45) is 0.647. The predicted octanol–water partition coefficient (Wildman–Crippen LogP) is 3.13. The molecule has 2 amide bonds. The first-order valence-corrected chi connectivity index (χ1v) is 7.27. The van der Waals surface area contributed by atoms with Gasteiger partial charge >= 0.3 is 6.03 Å². The zero-order valence-corrected chi connectivity index (χ0v) is 13.5. The van der Waals surface area contributed by atoms with Gasteiger partial charge in [0.1, 0.15) is 5.75 Å². The second-order valence-electron chi connectivity index (χ2n) is 5.09. The van der Waals surface area contributed by atoms with Crippen molar-refractivity contribution in [2.24, 2.45) is 0 Å². The lowest BCUT2D eigenvalue weighted by atomic mass is 10.2. The molecule has 1 heterocycles. The van der Waals surface area contributed by atoms with Crippen LogP contribution in [0.2, 0.25) is 5.02 Å². The van der Waals surface area contributed by atoms with Crippen LogP contribution in [0.15, 0.2) is 24.3 Å². The molecule has 1 aromatic heterocycles. The number of urea groups is 1. The van der Waals surface area contributed by atoms with Crippen molar-refractivity contribution < 1.29 is 9.53 Å². The second kappa shape index (κ2) is 7.17. The Morgan fingerprint density at radius 2 is 2.23 bits per heavy atom. The summed E-state index contributed by atoms with van der Waals surface area (Å²) in [4.78, 5) is 12.0. The average Bonchev–Trinajstić information content (AvgIpc) is 2.86. The average molecular weight is 323 g/mol. The highest BCUT2D eigenvalue weighted by Gasteiger charge is 2.11. The number of methoxy groups -OCH3 is 1. The van der Waals surface area contributed by atoms with E-state index in [1.165, 1.54) is 0 Å². The third kappa shape index (κ3) is 4.39. The van der Waals surface area contributed by atoms with Gasteiger partial charge in [-0.25, -0.2) is 4.79 Å². The van der Waals surface area contributed by atoms with E-state index in [0.29, 0.717) is 22.9 Å². The van der Waals surface area contributed by atoms with Crippen LogP contribution in [-0.4, -0.2) is 29.4 Å². The second-order valence-corrected chi connectivity index (χ2v) is 5.50. The van der Waals surface area contributed by atoms with Crippen LogP contribution in [0.25, 0.3) is 0 Å². The third-order valence-electron chi connectivity index (χ3n) is 3.08. The summed E-state index contributed by atoms with van der Waals surface area (Å²) in [6, 6.07) is 6.66. The number of hydrogen-bond acceptors (Lipinski definition) is 3. The van der Waals surface area contributed by atoms with Crippen molar-refractivity contribution in [3.63, 3.8) is 0 Å². The number of carbonyl (C=O) groups excluding carboxylic acids is 1. The number of ether oxygens (including phenoxy) is 1. The predicted molar refractivity (Wildman–Crippen MR) is 86.6 cm³/mol. The molecule has 0 fully saturated rings. The number of benzene rings is 1. The van der Waals surface area contributed by atoms with Crippen LogP contribution in [-0.2, 0) is 6.42 Å². The first kappa shape index (κ1) is 16.2. The summed E-state index contributed by atoms with van der Waals surface area (Å²) in [5, 5.41) is 13.0. The highest BCUT2D eigenvalue weighted by molar-refractivity contribution is 6.33. The van der Waals surface area contributed by atoms with Gasteiger partial charge in [-0.2, -0.15) is 5.10 Å². The molecule has 7 heteroatoms. The van der Waals surface area contributed by atoms with Crippen molar-refractivity contribution in [1.82, 2.24) is 15.5 Å². The van der Waals surface area contributed by atoms with Gasteiger partial charge in [0.25, 0.3) is 0 Å². The summed E-state index contributed by atoms with van der Waals surface area (Å²) in [7, 11) is 1.56. The number of nitrogens with one attached hydrogen (secondary N) is 3. The lowest BCUT2D eigenvalue weighted by Crippen LogP contribution is -2.37. The number of carbonyl (C=O) groups is 1. The fourth-order valence-corrected chi connectivity index (χ4v) is 2.27. The van der Waals surface area contributed by atoms with Crippen molar-refractivity contribution in [2.75, 3.05) is 12.4 Å². The van der Waals surface area contributed by atoms with E-state index in [1.54, 1.807) is 25.3 Å². The van der Waals surface area contributed by atoms with Gasteiger partial charge in [-0.15, -0.1) is 0 Å². The molecule has 2 aromatic rings. The number of rotatable bonds is 5. The molecule has 0 bridgehead atoms. The smallest absolute Gasteiger partial charge is 0.319 e. The van der Waals surface area contributed by atoms with E-state index in [4.69, 9.17) is 16.3 Å². The minimum atomic E-state index is -0.313. The van der Waals surface area contributed by atoms with E-state index in [-0.39, 0.29) is 12.1 Å². The third-order valence-corrected chi connectivity index (χ3v) is 3.39. The van der Waals surface area contributed by atoms with Gasteiger partial charge in [0.05, 0.1) is 23.5 Å². The summed E-state index contributed by atoms with van der Waals surface area (Å²) >= 11 is 6.08. The van der Waals surface area contributed by atoms with Crippen LogP contribution in [0.5, 0.6) is 5.75 Å². The standard InChI is InChI=1S/C15H19ClN4O2/c1-9(6-11-7-10(2)19-20-11)17-15(21)18-14-5-4-12(22-3)8-13(14)16/h4-5,7-9H,6H2,1-3H3,(H,19,20)(H2,17,18,21). The number of aromatic nitrogens is 2. The van der Waals surface area contributed by atoms with Crippen molar-refractivity contribution >= 4 is 23.3 Å². The lowest BCUT2D eigenvalue weighted by molar-refractivity contribution is 0.249. The number of amides is 2. The van der Waals surface area contributed by atoms with E-state index in [2.05, 4.69) is 20.8 Å². The molecular formula is C15H19ClN4O2. The normalized spacial score (nSPS) is 11.8. The number of H-pyrrole nitrogens is 1. The largest absolute Gasteiger partial charge is 0.497 e. The Labute approximate surface area is 134 Å². The maximum atomic E-state index is 12.0. The number of hydrogen-bond donors (Lipinski definition) is 3. The van der Waals surface area contributed by atoms with E-state index in [0.717, 1.165) is 11.4 Å². The molecule has 0 aliphatic heterocycles. The summed E-state index contributed by atoms with van der Waals surface area (Å²) in [5.41, 5.74) is 2.44. The van der Waals surface area contributed by atoms with E-state index < -0.39 is 0 Å². The number of halogens is 1. The Balaban J connectivity index is 1.89. The Morgan fingerprint density at radius 3 is 2.82 bits per heavy atom. The van der Waals surface area contributed by atoms with Gasteiger partial charge in [-0.3, -0.25) is 5.10 Å². The monoisotopic (exact) mass is 322 g/mol. The Kier molecular flexibility index (Phi) is 5.27. The molecule has 1 aromatic carbocycles. The highest BCUT2D eigenvalue weighted by atomic mass is 35.5. The number of aryl methyl sites for hydroxylation is 1. The van der Waals surface area contributed by atoms with E-state index in [1.807, 2.05) is 19.9 Å². The quantitative estimate of drug-likeness (QED) is 0.791. The zero-order chi connectivity index (χ0) is 16.1. The molecule has 1 unspecified atom stereocenters. The van der Waals surface area contributed by atoms with E-state index in [9.17, 15) is 4.79 Å². The maximum absolute atomic E-state index is 12.0. The molecular weight excluding hydrogens is 304 g/mol. The SMILES string of the molecule is COc1ccc(NC(=O)NC(C)Cc2cc(C)[nH]n2)c(Cl)c1. The van der Waals surface area contributed by atoms with Crippen molar-refractivity contribution in [3.05, 3.63) is 40.7 Å². The van der Waals surface area contributed by atoms with Gasteiger partial charge in [-0.1, -0.05) is 11.6 Å².